The molecule has 140 valence electrons. The summed E-state index contributed by atoms with van der Waals surface area (Å²) in [6, 6.07) is 13.3. The summed E-state index contributed by atoms with van der Waals surface area (Å²) in [6.45, 7) is 5.45. The van der Waals surface area contributed by atoms with Crippen LogP contribution in [-0.2, 0) is 4.74 Å². The quantitative estimate of drug-likeness (QED) is 0.753. The van der Waals surface area contributed by atoms with E-state index in [2.05, 4.69) is 15.2 Å². The molecule has 6 heteroatoms. The zero-order valence-corrected chi connectivity index (χ0v) is 15.4. The van der Waals surface area contributed by atoms with E-state index in [0.29, 0.717) is 25.3 Å². The second-order valence-electron chi connectivity index (χ2n) is 6.73. The van der Waals surface area contributed by atoms with E-state index < -0.39 is 0 Å². The van der Waals surface area contributed by atoms with Gasteiger partial charge in [0.2, 0.25) is 0 Å². The van der Waals surface area contributed by atoms with E-state index in [1.165, 1.54) is 0 Å². The Morgan fingerprint density at radius 3 is 2.85 bits per heavy atom. The summed E-state index contributed by atoms with van der Waals surface area (Å²) in [5.41, 5.74) is 1.51. The molecule has 1 aliphatic rings. The largest absolute Gasteiger partial charge is 0.465 e. The number of ether oxygens (including phenoxy) is 1. The summed E-state index contributed by atoms with van der Waals surface area (Å²) in [7, 11) is 0. The molecule has 3 aromatic rings. The second kappa shape index (κ2) is 7.90. The van der Waals surface area contributed by atoms with Gasteiger partial charge in [0, 0.05) is 36.8 Å². The first kappa shape index (κ1) is 17.7. The molecule has 0 radical (unpaired) electrons. The highest BCUT2D eigenvalue weighted by Gasteiger charge is 2.25. The van der Waals surface area contributed by atoms with Gasteiger partial charge in [0.05, 0.1) is 24.8 Å². The van der Waals surface area contributed by atoms with Gasteiger partial charge in [0.1, 0.15) is 11.5 Å². The first-order valence-corrected chi connectivity index (χ1v) is 9.22. The number of hydrogen-bond acceptors (Lipinski definition) is 5. The van der Waals surface area contributed by atoms with E-state index in [9.17, 15) is 4.79 Å². The van der Waals surface area contributed by atoms with Crippen molar-refractivity contribution >= 4 is 16.8 Å². The lowest BCUT2D eigenvalue weighted by atomic mass is 10.1. The van der Waals surface area contributed by atoms with Gasteiger partial charge in [0.15, 0.2) is 0 Å². The first-order valence-electron chi connectivity index (χ1n) is 9.22. The molecule has 1 amide bonds. The van der Waals surface area contributed by atoms with E-state index >= 15 is 0 Å². The van der Waals surface area contributed by atoms with E-state index in [4.69, 9.17) is 9.15 Å². The lowest BCUT2D eigenvalue weighted by Crippen LogP contribution is -2.43. The molecule has 0 unspecified atom stereocenters. The van der Waals surface area contributed by atoms with E-state index in [-0.39, 0.29) is 11.9 Å². The Morgan fingerprint density at radius 1 is 1.22 bits per heavy atom. The predicted octanol–water partition coefficient (Wildman–Crippen LogP) is 2.94. The van der Waals surface area contributed by atoms with E-state index in [0.717, 1.165) is 35.5 Å². The van der Waals surface area contributed by atoms with Crippen LogP contribution in [0.1, 0.15) is 27.9 Å². The number of benzene rings is 1. The number of carbonyl (C=O) groups excluding carboxylic acids is 1. The Labute approximate surface area is 158 Å². The fraction of sp³-hybridized carbons (Fsp3) is 0.333. The van der Waals surface area contributed by atoms with Gasteiger partial charge in [-0.3, -0.25) is 14.7 Å². The van der Waals surface area contributed by atoms with Gasteiger partial charge < -0.3 is 14.5 Å². The number of amides is 1. The number of aromatic nitrogens is 1. The molecule has 1 N–H and O–H groups in total. The zero-order valence-electron chi connectivity index (χ0n) is 15.4. The van der Waals surface area contributed by atoms with Crippen LogP contribution >= 0.6 is 0 Å². The van der Waals surface area contributed by atoms with Crippen LogP contribution in [0.4, 0.5) is 0 Å². The van der Waals surface area contributed by atoms with Crippen molar-refractivity contribution in [1.82, 2.24) is 15.2 Å². The van der Waals surface area contributed by atoms with Gasteiger partial charge in [0.25, 0.3) is 5.91 Å². The number of aryl methyl sites for hydroxylation is 1. The SMILES string of the molecule is Cc1ccc([C@@H](CNC(=O)c2ccc3ncccc3c2)N2CCOCC2)o1. The third-order valence-electron chi connectivity index (χ3n) is 4.90. The Hall–Kier alpha value is -2.70. The van der Waals surface area contributed by atoms with Crippen molar-refractivity contribution < 1.29 is 13.9 Å². The Kier molecular flexibility index (Phi) is 5.18. The molecule has 0 bridgehead atoms. The number of morpholine rings is 1. The molecule has 0 spiro atoms. The molecule has 1 saturated heterocycles. The Morgan fingerprint density at radius 2 is 2.07 bits per heavy atom. The fourth-order valence-electron chi connectivity index (χ4n) is 3.44. The maximum absolute atomic E-state index is 12.7. The van der Waals surface area contributed by atoms with Crippen molar-refractivity contribution in [3.63, 3.8) is 0 Å². The third kappa shape index (κ3) is 4.02. The van der Waals surface area contributed by atoms with Crippen molar-refractivity contribution in [3.05, 3.63) is 65.7 Å². The number of nitrogens with one attached hydrogen (secondary N) is 1. The normalized spacial score (nSPS) is 16.3. The van der Waals surface area contributed by atoms with Crippen LogP contribution in [0.2, 0.25) is 0 Å². The van der Waals surface area contributed by atoms with Crippen molar-refractivity contribution in [1.29, 1.82) is 0 Å². The van der Waals surface area contributed by atoms with Crippen LogP contribution in [-0.4, -0.2) is 48.6 Å². The van der Waals surface area contributed by atoms with Crippen LogP contribution in [0.25, 0.3) is 10.9 Å². The van der Waals surface area contributed by atoms with Crippen LogP contribution in [0, 0.1) is 6.92 Å². The molecule has 27 heavy (non-hydrogen) atoms. The number of rotatable bonds is 5. The highest BCUT2D eigenvalue weighted by Crippen LogP contribution is 2.23. The van der Waals surface area contributed by atoms with Gasteiger partial charge in [-0.1, -0.05) is 6.07 Å². The maximum Gasteiger partial charge on any atom is 0.251 e. The summed E-state index contributed by atoms with van der Waals surface area (Å²) in [6.07, 6.45) is 1.75. The van der Waals surface area contributed by atoms with Crippen LogP contribution < -0.4 is 5.32 Å². The molecule has 4 rings (SSSR count). The maximum atomic E-state index is 12.7. The molecule has 0 aliphatic carbocycles. The predicted molar refractivity (Wildman–Crippen MR) is 103 cm³/mol. The van der Waals surface area contributed by atoms with Gasteiger partial charge >= 0.3 is 0 Å². The van der Waals surface area contributed by atoms with Crippen molar-refractivity contribution in [2.75, 3.05) is 32.8 Å². The lowest BCUT2D eigenvalue weighted by molar-refractivity contribution is 0.0117. The van der Waals surface area contributed by atoms with E-state index in [1.54, 1.807) is 6.20 Å². The molecule has 6 nitrogen and oxygen atoms in total. The Bertz CT molecular complexity index is 931. The van der Waals surface area contributed by atoms with Crippen molar-refractivity contribution in [2.24, 2.45) is 0 Å². The smallest absolute Gasteiger partial charge is 0.251 e. The number of fused-ring (bicyclic) bond motifs is 1. The average molecular weight is 365 g/mol. The van der Waals surface area contributed by atoms with Crippen LogP contribution in [0.15, 0.2) is 53.1 Å². The molecule has 2 aromatic heterocycles. The average Bonchev–Trinajstić information content (AvgIpc) is 3.14. The van der Waals surface area contributed by atoms with Crippen molar-refractivity contribution in [2.45, 2.75) is 13.0 Å². The molecule has 3 heterocycles. The second-order valence-corrected chi connectivity index (χ2v) is 6.73. The minimum absolute atomic E-state index is 0.00586. The summed E-state index contributed by atoms with van der Waals surface area (Å²) in [5, 5.41) is 4.02. The summed E-state index contributed by atoms with van der Waals surface area (Å²) in [5.74, 6) is 1.65. The minimum atomic E-state index is -0.0951. The topological polar surface area (TPSA) is 67.6 Å². The number of carbonyl (C=O) groups is 1. The lowest BCUT2D eigenvalue weighted by Gasteiger charge is -2.33. The number of hydrogen-bond donors (Lipinski definition) is 1. The third-order valence-corrected chi connectivity index (χ3v) is 4.90. The van der Waals surface area contributed by atoms with Gasteiger partial charge in [-0.05, 0) is 43.3 Å². The summed E-state index contributed by atoms with van der Waals surface area (Å²) < 4.78 is 11.3. The number of nitrogens with zero attached hydrogens (tertiary/aromatic N) is 2. The van der Waals surface area contributed by atoms with Gasteiger partial charge in [-0.15, -0.1) is 0 Å². The molecule has 1 aromatic carbocycles. The molecule has 1 atom stereocenters. The van der Waals surface area contributed by atoms with Crippen LogP contribution in [0.3, 0.4) is 0 Å². The van der Waals surface area contributed by atoms with E-state index in [1.807, 2.05) is 49.4 Å². The minimum Gasteiger partial charge on any atom is -0.465 e. The summed E-state index contributed by atoms with van der Waals surface area (Å²) in [4.78, 5) is 19.3. The number of pyridine rings is 1. The standard InChI is InChI=1S/C21H23N3O3/c1-15-4-7-20(27-15)19(24-9-11-26-12-10-24)14-23-21(25)17-5-6-18-16(13-17)3-2-8-22-18/h2-8,13,19H,9-12,14H2,1H3,(H,23,25)/t19-/m1/s1. The molecule has 0 saturated carbocycles. The monoisotopic (exact) mass is 365 g/mol. The summed E-state index contributed by atoms with van der Waals surface area (Å²) >= 11 is 0. The van der Waals surface area contributed by atoms with Crippen molar-refractivity contribution in [3.8, 4) is 0 Å². The number of furan rings is 1. The highest BCUT2D eigenvalue weighted by molar-refractivity contribution is 5.97. The molecule has 1 fully saturated rings. The Balaban J connectivity index is 1.49. The fourth-order valence-corrected chi connectivity index (χ4v) is 3.44. The highest BCUT2D eigenvalue weighted by atomic mass is 16.5. The van der Waals surface area contributed by atoms with Crippen LogP contribution in [0.5, 0.6) is 0 Å². The molecular weight excluding hydrogens is 342 g/mol. The first-order chi connectivity index (χ1) is 13.2. The van der Waals surface area contributed by atoms with Gasteiger partial charge in [-0.2, -0.15) is 0 Å². The molecule has 1 aliphatic heterocycles. The zero-order chi connectivity index (χ0) is 18.6. The van der Waals surface area contributed by atoms with Gasteiger partial charge in [-0.25, -0.2) is 0 Å². The molecular formula is C21H23N3O3.